The lowest BCUT2D eigenvalue weighted by atomic mass is 10.1. The number of nitrogens with zero attached hydrogens (tertiary/aromatic N) is 1. The molecule has 1 unspecified atom stereocenters. The van der Waals surface area contributed by atoms with Gasteiger partial charge in [-0.25, -0.2) is 0 Å². The highest BCUT2D eigenvalue weighted by molar-refractivity contribution is 5.80. The lowest BCUT2D eigenvalue weighted by molar-refractivity contribution is 0.197. The molecule has 1 aromatic heterocycles. The molecule has 2 rings (SSSR count). The van der Waals surface area contributed by atoms with Crippen molar-refractivity contribution in [2.45, 2.75) is 25.8 Å². The van der Waals surface area contributed by atoms with Crippen LogP contribution in [0.25, 0.3) is 0 Å². The van der Waals surface area contributed by atoms with Crippen molar-refractivity contribution in [2.24, 2.45) is 4.99 Å². The largest absolute Gasteiger partial charge is 0.469 e. The fourth-order valence-corrected chi connectivity index (χ4v) is 2.34. The van der Waals surface area contributed by atoms with E-state index in [9.17, 15) is 0 Å². The topological polar surface area (TPSA) is 58.8 Å². The van der Waals surface area contributed by atoms with Crippen LogP contribution in [0.15, 0.2) is 58.1 Å². The minimum absolute atomic E-state index is 0.184. The number of aliphatic imine (C=N–C) groups is 1. The molecule has 5 nitrogen and oxygen atoms in total. The first kappa shape index (κ1) is 18.1. The second-order valence-electron chi connectivity index (χ2n) is 5.61. The van der Waals surface area contributed by atoms with Gasteiger partial charge in [-0.05, 0) is 31.0 Å². The standard InChI is InChI=1S/C19H27N3O2/c1-16(17-8-4-3-5-9-17)22-19(20-12-7-14-23-2)21-13-11-18-10-6-15-24-18/h3-6,8-10,15-16H,7,11-14H2,1-2H3,(H2,20,21,22). The van der Waals surface area contributed by atoms with E-state index in [1.165, 1.54) is 5.56 Å². The summed E-state index contributed by atoms with van der Waals surface area (Å²) in [4.78, 5) is 4.63. The van der Waals surface area contributed by atoms with Crippen LogP contribution < -0.4 is 10.6 Å². The van der Waals surface area contributed by atoms with Crippen LogP contribution in [-0.4, -0.2) is 32.8 Å². The molecule has 0 aliphatic carbocycles. The SMILES string of the molecule is COCCCN=C(NCCc1ccco1)NC(C)c1ccccc1. The number of methoxy groups -OCH3 is 1. The second-order valence-corrected chi connectivity index (χ2v) is 5.61. The summed E-state index contributed by atoms with van der Waals surface area (Å²) in [5.41, 5.74) is 1.23. The van der Waals surface area contributed by atoms with E-state index in [0.717, 1.165) is 44.3 Å². The quantitative estimate of drug-likeness (QED) is 0.421. The van der Waals surface area contributed by atoms with Crippen LogP contribution in [-0.2, 0) is 11.2 Å². The predicted octanol–water partition coefficient (Wildman–Crippen LogP) is 3.16. The van der Waals surface area contributed by atoms with Crippen molar-refractivity contribution in [3.63, 3.8) is 0 Å². The molecule has 0 bridgehead atoms. The lowest BCUT2D eigenvalue weighted by Crippen LogP contribution is -2.40. The number of hydrogen-bond donors (Lipinski definition) is 2. The maximum atomic E-state index is 5.36. The summed E-state index contributed by atoms with van der Waals surface area (Å²) in [6.07, 6.45) is 3.43. The van der Waals surface area contributed by atoms with Crippen molar-refractivity contribution < 1.29 is 9.15 Å². The summed E-state index contributed by atoms with van der Waals surface area (Å²) in [7, 11) is 1.71. The number of furan rings is 1. The fourth-order valence-electron chi connectivity index (χ4n) is 2.34. The highest BCUT2D eigenvalue weighted by Gasteiger charge is 2.07. The van der Waals surface area contributed by atoms with Gasteiger partial charge in [0.1, 0.15) is 5.76 Å². The van der Waals surface area contributed by atoms with Gasteiger partial charge in [-0.1, -0.05) is 30.3 Å². The molecule has 1 heterocycles. The zero-order valence-electron chi connectivity index (χ0n) is 14.5. The van der Waals surface area contributed by atoms with Crippen LogP contribution >= 0.6 is 0 Å². The Morgan fingerprint density at radius 3 is 2.75 bits per heavy atom. The molecular weight excluding hydrogens is 302 g/mol. The van der Waals surface area contributed by atoms with E-state index in [1.807, 2.05) is 30.3 Å². The maximum absolute atomic E-state index is 5.36. The Labute approximate surface area is 144 Å². The molecule has 0 saturated heterocycles. The summed E-state index contributed by atoms with van der Waals surface area (Å²) in [5.74, 6) is 1.78. The third-order valence-electron chi connectivity index (χ3n) is 3.67. The smallest absolute Gasteiger partial charge is 0.191 e. The minimum Gasteiger partial charge on any atom is -0.469 e. The van der Waals surface area contributed by atoms with Gasteiger partial charge in [-0.15, -0.1) is 0 Å². The minimum atomic E-state index is 0.184. The second kappa shape index (κ2) is 10.5. The van der Waals surface area contributed by atoms with E-state index in [-0.39, 0.29) is 6.04 Å². The predicted molar refractivity (Wildman–Crippen MR) is 97.2 cm³/mol. The Kier molecular flexibility index (Phi) is 7.90. The van der Waals surface area contributed by atoms with Gasteiger partial charge in [0.15, 0.2) is 5.96 Å². The van der Waals surface area contributed by atoms with Gasteiger partial charge in [0.2, 0.25) is 0 Å². The number of nitrogens with one attached hydrogen (secondary N) is 2. The van der Waals surface area contributed by atoms with Gasteiger partial charge in [0, 0.05) is 33.2 Å². The molecule has 0 aliphatic heterocycles. The molecule has 5 heteroatoms. The number of guanidine groups is 1. The first-order valence-electron chi connectivity index (χ1n) is 8.40. The molecule has 0 aliphatic rings. The third kappa shape index (κ3) is 6.46. The molecule has 0 amide bonds. The van der Waals surface area contributed by atoms with Crippen molar-refractivity contribution in [1.82, 2.24) is 10.6 Å². The first-order valence-corrected chi connectivity index (χ1v) is 8.40. The molecule has 1 aromatic carbocycles. The first-order chi connectivity index (χ1) is 11.8. The van der Waals surface area contributed by atoms with Crippen LogP contribution in [0.3, 0.4) is 0 Å². The summed E-state index contributed by atoms with van der Waals surface area (Å²) in [5, 5.41) is 6.83. The molecule has 2 aromatic rings. The number of ether oxygens (including phenoxy) is 1. The normalized spacial score (nSPS) is 12.8. The van der Waals surface area contributed by atoms with Gasteiger partial charge in [0.25, 0.3) is 0 Å². The van der Waals surface area contributed by atoms with Gasteiger partial charge in [0.05, 0.1) is 12.3 Å². The lowest BCUT2D eigenvalue weighted by Gasteiger charge is -2.18. The number of rotatable bonds is 9. The van der Waals surface area contributed by atoms with Crippen LogP contribution in [0.4, 0.5) is 0 Å². The van der Waals surface area contributed by atoms with Crippen LogP contribution in [0.2, 0.25) is 0 Å². The summed E-state index contributed by atoms with van der Waals surface area (Å²) >= 11 is 0. The Balaban J connectivity index is 1.88. The Hall–Kier alpha value is -2.27. The molecule has 0 fully saturated rings. The molecule has 0 saturated carbocycles. The monoisotopic (exact) mass is 329 g/mol. The Morgan fingerprint density at radius 2 is 2.04 bits per heavy atom. The van der Waals surface area contributed by atoms with Gasteiger partial charge in [-0.2, -0.15) is 0 Å². The van der Waals surface area contributed by atoms with Crippen LogP contribution in [0.5, 0.6) is 0 Å². The van der Waals surface area contributed by atoms with E-state index < -0.39 is 0 Å². The molecule has 0 spiro atoms. The average molecular weight is 329 g/mol. The van der Waals surface area contributed by atoms with Crippen molar-refractivity contribution in [3.8, 4) is 0 Å². The maximum Gasteiger partial charge on any atom is 0.191 e. The number of hydrogen-bond acceptors (Lipinski definition) is 3. The van der Waals surface area contributed by atoms with Gasteiger partial charge in [-0.3, -0.25) is 4.99 Å². The fraction of sp³-hybridized carbons (Fsp3) is 0.421. The molecule has 0 radical (unpaired) electrons. The van der Waals surface area contributed by atoms with E-state index in [1.54, 1.807) is 13.4 Å². The number of benzene rings is 1. The zero-order chi connectivity index (χ0) is 17.0. The summed E-state index contributed by atoms with van der Waals surface area (Å²) in [6, 6.07) is 14.4. The van der Waals surface area contributed by atoms with E-state index >= 15 is 0 Å². The Bertz CT molecular complexity index is 582. The van der Waals surface area contributed by atoms with Gasteiger partial charge >= 0.3 is 0 Å². The Morgan fingerprint density at radius 1 is 1.21 bits per heavy atom. The van der Waals surface area contributed by atoms with E-state index in [4.69, 9.17) is 9.15 Å². The van der Waals surface area contributed by atoms with Crippen molar-refractivity contribution >= 4 is 5.96 Å². The van der Waals surface area contributed by atoms with Crippen LogP contribution in [0, 0.1) is 0 Å². The molecule has 2 N–H and O–H groups in total. The summed E-state index contributed by atoms with van der Waals surface area (Å²) < 4.78 is 10.4. The van der Waals surface area contributed by atoms with Crippen LogP contribution in [0.1, 0.15) is 30.7 Å². The zero-order valence-corrected chi connectivity index (χ0v) is 14.5. The van der Waals surface area contributed by atoms with E-state index in [0.29, 0.717) is 0 Å². The van der Waals surface area contributed by atoms with Crippen molar-refractivity contribution in [3.05, 3.63) is 60.1 Å². The molecule has 24 heavy (non-hydrogen) atoms. The molecular formula is C19H27N3O2. The highest BCUT2D eigenvalue weighted by atomic mass is 16.5. The third-order valence-corrected chi connectivity index (χ3v) is 3.67. The van der Waals surface area contributed by atoms with Crippen molar-refractivity contribution in [1.29, 1.82) is 0 Å². The van der Waals surface area contributed by atoms with Crippen molar-refractivity contribution in [2.75, 3.05) is 26.8 Å². The molecule has 1 atom stereocenters. The highest BCUT2D eigenvalue weighted by Crippen LogP contribution is 2.10. The van der Waals surface area contributed by atoms with Gasteiger partial charge < -0.3 is 19.8 Å². The van der Waals surface area contributed by atoms with E-state index in [2.05, 4.69) is 34.7 Å². The molecule has 130 valence electrons. The summed E-state index contributed by atoms with van der Waals surface area (Å²) in [6.45, 7) is 4.35. The average Bonchev–Trinajstić information content (AvgIpc) is 3.12.